The number of hydrogen-bond acceptors (Lipinski definition) is 3. The Morgan fingerprint density at radius 2 is 1.94 bits per heavy atom. The van der Waals surface area contributed by atoms with Crippen molar-refractivity contribution in [2.45, 2.75) is 20.3 Å². The summed E-state index contributed by atoms with van der Waals surface area (Å²) in [5.74, 6) is -1.08. The van der Waals surface area contributed by atoms with Crippen LogP contribution in [0, 0.1) is 5.92 Å². The van der Waals surface area contributed by atoms with E-state index in [1.54, 1.807) is 19.1 Å². The number of amides is 2. The summed E-state index contributed by atoms with van der Waals surface area (Å²) in [6.07, 6.45) is 0.693. The van der Waals surface area contributed by atoms with Gasteiger partial charge in [0.2, 0.25) is 5.91 Å². The number of hydrogen-bond donors (Lipinski definition) is 3. The highest BCUT2D eigenvalue weighted by Crippen LogP contribution is 2.14. The molecule has 1 unspecified atom stereocenters. The average molecular weight is 236 g/mol. The lowest BCUT2D eigenvalue weighted by molar-refractivity contribution is -0.125. The van der Waals surface area contributed by atoms with Crippen LogP contribution in [0.5, 0.6) is 5.75 Å². The van der Waals surface area contributed by atoms with Crippen molar-refractivity contribution in [2.24, 2.45) is 5.92 Å². The number of para-hydroxylation sites is 1. The fourth-order valence-electron chi connectivity index (χ4n) is 1.16. The highest BCUT2D eigenvalue weighted by atomic mass is 16.3. The van der Waals surface area contributed by atoms with Crippen LogP contribution in [0.25, 0.3) is 0 Å². The molecule has 0 aliphatic heterocycles. The Labute approximate surface area is 99.8 Å². The van der Waals surface area contributed by atoms with Gasteiger partial charge in [-0.3, -0.25) is 20.4 Å². The number of nitrogens with one attached hydrogen (secondary N) is 2. The quantitative estimate of drug-likeness (QED) is 0.690. The molecule has 5 heteroatoms. The summed E-state index contributed by atoms with van der Waals surface area (Å²) in [7, 11) is 0. The normalized spacial score (nSPS) is 11.6. The van der Waals surface area contributed by atoms with E-state index in [0.29, 0.717) is 6.42 Å². The van der Waals surface area contributed by atoms with Crippen LogP contribution in [0.1, 0.15) is 30.6 Å². The summed E-state index contributed by atoms with van der Waals surface area (Å²) in [5.41, 5.74) is 4.69. The zero-order valence-corrected chi connectivity index (χ0v) is 9.86. The van der Waals surface area contributed by atoms with Crippen LogP contribution in [0.3, 0.4) is 0 Å². The van der Waals surface area contributed by atoms with Gasteiger partial charge in [-0.15, -0.1) is 0 Å². The lowest BCUT2D eigenvalue weighted by Gasteiger charge is -2.11. The summed E-state index contributed by atoms with van der Waals surface area (Å²) in [4.78, 5) is 23.0. The third-order valence-electron chi connectivity index (χ3n) is 2.51. The van der Waals surface area contributed by atoms with Gasteiger partial charge < -0.3 is 5.11 Å². The number of carbonyl (C=O) groups excluding carboxylic acids is 2. The molecule has 0 fully saturated rings. The second kappa shape index (κ2) is 5.89. The summed E-state index contributed by atoms with van der Waals surface area (Å²) in [6, 6.07) is 6.13. The number of benzene rings is 1. The van der Waals surface area contributed by atoms with Crippen molar-refractivity contribution in [2.75, 3.05) is 0 Å². The Morgan fingerprint density at radius 3 is 2.53 bits per heavy atom. The number of hydrazine groups is 1. The molecule has 1 aromatic rings. The Balaban J connectivity index is 2.57. The molecule has 0 saturated carbocycles. The lowest BCUT2D eigenvalue weighted by atomic mass is 10.1. The first kappa shape index (κ1) is 13.0. The first-order chi connectivity index (χ1) is 8.06. The van der Waals surface area contributed by atoms with Crippen molar-refractivity contribution in [1.29, 1.82) is 0 Å². The number of aromatic hydroxyl groups is 1. The van der Waals surface area contributed by atoms with E-state index in [1.807, 2.05) is 6.92 Å². The molecule has 1 rings (SSSR count). The van der Waals surface area contributed by atoms with Gasteiger partial charge in [-0.25, -0.2) is 0 Å². The van der Waals surface area contributed by atoms with Gasteiger partial charge >= 0.3 is 0 Å². The van der Waals surface area contributed by atoms with Gasteiger partial charge in [0.1, 0.15) is 5.75 Å². The van der Waals surface area contributed by atoms with Gasteiger partial charge in [0.05, 0.1) is 5.56 Å². The van der Waals surface area contributed by atoms with Gasteiger partial charge in [-0.1, -0.05) is 26.0 Å². The minimum atomic E-state index is -0.542. The molecule has 0 radical (unpaired) electrons. The van der Waals surface area contributed by atoms with Crippen LogP contribution < -0.4 is 10.9 Å². The SMILES string of the molecule is CCC(C)C(=O)NNC(=O)c1ccccc1O. The maximum absolute atomic E-state index is 11.6. The Kier molecular flexibility index (Phi) is 4.51. The van der Waals surface area contributed by atoms with E-state index in [4.69, 9.17) is 0 Å². The zero-order chi connectivity index (χ0) is 12.8. The highest BCUT2D eigenvalue weighted by molar-refractivity contribution is 5.97. The van der Waals surface area contributed by atoms with E-state index in [-0.39, 0.29) is 23.1 Å². The zero-order valence-electron chi connectivity index (χ0n) is 9.86. The molecule has 5 nitrogen and oxygen atoms in total. The predicted molar refractivity (Wildman–Crippen MR) is 63.2 cm³/mol. The van der Waals surface area contributed by atoms with Crippen molar-refractivity contribution in [3.63, 3.8) is 0 Å². The second-order valence-corrected chi connectivity index (χ2v) is 3.77. The van der Waals surface area contributed by atoms with Crippen LogP contribution >= 0.6 is 0 Å². The number of phenols is 1. The maximum Gasteiger partial charge on any atom is 0.273 e. The van der Waals surface area contributed by atoms with Crippen LogP contribution in [0.4, 0.5) is 0 Å². The molecule has 0 heterocycles. The van der Waals surface area contributed by atoms with Crippen LogP contribution in [-0.2, 0) is 4.79 Å². The molecule has 2 amide bonds. The first-order valence-electron chi connectivity index (χ1n) is 5.44. The molecule has 0 bridgehead atoms. The van der Waals surface area contributed by atoms with E-state index in [2.05, 4.69) is 10.9 Å². The van der Waals surface area contributed by atoms with Crippen LogP contribution in [0.2, 0.25) is 0 Å². The van der Waals surface area contributed by atoms with Crippen molar-refractivity contribution in [1.82, 2.24) is 10.9 Å². The molecule has 3 N–H and O–H groups in total. The van der Waals surface area contributed by atoms with E-state index in [1.165, 1.54) is 12.1 Å². The summed E-state index contributed by atoms with van der Waals surface area (Å²) >= 11 is 0. The number of phenolic OH excluding ortho intramolecular Hbond substituents is 1. The Hall–Kier alpha value is -2.04. The van der Waals surface area contributed by atoms with Crippen LogP contribution in [0.15, 0.2) is 24.3 Å². The van der Waals surface area contributed by atoms with E-state index >= 15 is 0 Å². The molecular formula is C12H16N2O3. The topological polar surface area (TPSA) is 78.4 Å². The van der Waals surface area contributed by atoms with E-state index < -0.39 is 5.91 Å². The molecule has 0 aliphatic carbocycles. The minimum Gasteiger partial charge on any atom is -0.507 e. The molecular weight excluding hydrogens is 220 g/mol. The van der Waals surface area contributed by atoms with Gasteiger partial charge in [0.25, 0.3) is 5.91 Å². The number of rotatable bonds is 3. The van der Waals surface area contributed by atoms with Crippen molar-refractivity contribution in [3.05, 3.63) is 29.8 Å². The summed E-state index contributed by atoms with van der Waals surface area (Å²) in [6.45, 7) is 3.65. The maximum atomic E-state index is 11.6. The number of carbonyl (C=O) groups is 2. The van der Waals surface area contributed by atoms with Crippen molar-refractivity contribution in [3.8, 4) is 5.75 Å². The molecule has 0 aliphatic rings. The summed E-state index contributed by atoms with van der Waals surface area (Å²) < 4.78 is 0. The van der Waals surface area contributed by atoms with Gasteiger partial charge in [0, 0.05) is 5.92 Å². The van der Waals surface area contributed by atoms with E-state index in [0.717, 1.165) is 0 Å². The largest absolute Gasteiger partial charge is 0.507 e. The first-order valence-corrected chi connectivity index (χ1v) is 5.44. The van der Waals surface area contributed by atoms with Crippen LogP contribution in [-0.4, -0.2) is 16.9 Å². The van der Waals surface area contributed by atoms with E-state index in [9.17, 15) is 14.7 Å². The second-order valence-electron chi connectivity index (χ2n) is 3.77. The molecule has 0 aromatic heterocycles. The molecule has 0 saturated heterocycles. The molecule has 1 aromatic carbocycles. The predicted octanol–water partition coefficient (Wildman–Crippen LogP) is 1.20. The molecule has 1 atom stereocenters. The Morgan fingerprint density at radius 1 is 1.29 bits per heavy atom. The van der Waals surface area contributed by atoms with Gasteiger partial charge in [-0.05, 0) is 18.6 Å². The molecule has 0 spiro atoms. The fraction of sp³-hybridized carbons (Fsp3) is 0.333. The summed E-state index contributed by atoms with van der Waals surface area (Å²) in [5, 5.41) is 9.43. The molecule has 17 heavy (non-hydrogen) atoms. The average Bonchev–Trinajstić information content (AvgIpc) is 2.35. The minimum absolute atomic E-state index is 0.122. The third kappa shape index (κ3) is 3.48. The Bertz CT molecular complexity index is 418. The van der Waals surface area contributed by atoms with Gasteiger partial charge in [0.15, 0.2) is 0 Å². The monoisotopic (exact) mass is 236 g/mol. The van der Waals surface area contributed by atoms with Crippen molar-refractivity contribution >= 4 is 11.8 Å². The molecule has 92 valence electrons. The smallest absolute Gasteiger partial charge is 0.273 e. The fourth-order valence-corrected chi connectivity index (χ4v) is 1.16. The standard InChI is InChI=1S/C12H16N2O3/c1-3-8(2)11(16)13-14-12(17)9-6-4-5-7-10(9)15/h4-8,15H,3H2,1-2H3,(H,13,16)(H,14,17). The van der Waals surface area contributed by atoms with Crippen molar-refractivity contribution < 1.29 is 14.7 Å². The highest BCUT2D eigenvalue weighted by Gasteiger charge is 2.13. The third-order valence-corrected chi connectivity index (χ3v) is 2.51. The van der Waals surface area contributed by atoms with Gasteiger partial charge in [-0.2, -0.15) is 0 Å². The lowest BCUT2D eigenvalue weighted by Crippen LogP contribution is -2.43.